The fourth-order valence-corrected chi connectivity index (χ4v) is 7.22. The second-order valence-corrected chi connectivity index (χ2v) is 10.4. The average molecular weight is 304 g/mol. The Labute approximate surface area is 135 Å². The van der Waals surface area contributed by atoms with Gasteiger partial charge in [-0.3, -0.25) is 4.79 Å². The van der Waals surface area contributed by atoms with Crippen molar-refractivity contribution in [1.82, 2.24) is 0 Å². The van der Waals surface area contributed by atoms with Crippen LogP contribution in [0.1, 0.15) is 67.2 Å². The molecular weight excluding hydrogens is 272 g/mol. The molecule has 7 atom stereocenters. The van der Waals surface area contributed by atoms with E-state index < -0.39 is 0 Å². The summed E-state index contributed by atoms with van der Waals surface area (Å²) in [5.74, 6) is 4.95. The standard InChI is InChI=1S/C20H32O2/c1-18(2,3)22-17(21)20(6)14-10-13(19(20,4)5)15-11-7-8-12(9-11)16(14)15/h11-16H,7-10H2,1-6H3. The van der Waals surface area contributed by atoms with E-state index in [0.717, 1.165) is 29.6 Å². The van der Waals surface area contributed by atoms with E-state index >= 15 is 0 Å². The van der Waals surface area contributed by atoms with Crippen LogP contribution in [0.25, 0.3) is 0 Å². The maximum atomic E-state index is 13.2. The highest BCUT2D eigenvalue weighted by Gasteiger charge is 2.74. The Morgan fingerprint density at radius 2 is 1.50 bits per heavy atom. The molecule has 4 saturated carbocycles. The van der Waals surface area contributed by atoms with Crippen LogP contribution in [0.2, 0.25) is 0 Å². The third kappa shape index (κ3) is 1.60. The van der Waals surface area contributed by atoms with Gasteiger partial charge in [0.05, 0.1) is 5.41 Å². The van der Waals surface area contributed by atoms with Crippen LogP contribution in [-0.2, 0) is 9.53 Å². The van der Waals surface area contributed by atoms with E-state index in [0.29, 0.717) is 5.92 Å². The van der Waals surface area contributed by atoms with E-state index in [9.17, 15) is 4.79 Å². The summed E-state index contributed by atoms with van der Waals surface area (Å²) in [6.45, 7) is 12.9. The fourth-order valence-electron chi connectivity index (χ4n) is 7.22. The Hall–Kier alpha value is -0.530. The second-order valence-electron chi connectivity index (χ2n) is 10.4. The number of hydrogen-bond acceptors (Lipinski definition) is 2. The molecule has 4 fully saturated rings. The molecule has 0 aromatic heterocycles. The van der Waals surface area contributed by atoms with Gasteiger partial charge >= 0.3 is 5.97 Å². The minimum absolute atomic E-state index is 0.0683. The molecule has 0 radical (unpaired) electrons. The molecular formula is C20H32O2. The van der Waals surface area contributed by atoms with Gasteiger partial charge in [-0.1, -0.05) is 13.8 Å². The zero-order valence-corrected chi connectivity index (χ0v) is 15.1. The molecule has 0 spiro atoms. The minimum atomic E-state index is -0.383. The molecule has 0 aliphatic heterocycles. The normalized spacial score (nSPS) is 51.2. The van der Waals surface area contributed by atoms with Gasteiger partial charge in [0, 0.05) is 0 Å². The molecule has 0 heterocycles. The van der Waals surface area contributed by atoms with Crippen molar-refractivity contribution in [2.45, 2.75) is 72.8 Å². The van der Waals surface area contributed by atoms with E-state index in [4.69, 9.17) is 4.74 Å². The first-order valence-corrected chi connectivity index (χ1v) is 9.31. The Bertz CT molecular complexity index is 514. The maximum Gasteiger partial charge on any atom is 0.313 e. The lowest BCUT2D eigenvalue weighted by molar-refractivity contribution is -0.185. The first kappa shape index (κ1) is 15.0. The average Bonchev–Trinajstić information content (AvgIpc) is 3.08. The zero-order chi connectivity index (χ0) is 16.1. The summed E-state index contributed by atoms with van der Waals surface area (Å²) in [4.78, 5) is 13.2. The minimum Gasteiger partial charge on any atom is -0.460 e. The van der Waals surface area contributed by atoms with Crippen molar-refractivity contribution in [1.29, 1.82) is 0 Å². The molecule has 4 bridgehead atoms. The first-order chi connectivity index (χ1) is 10.1. The topological polar surface area (TPSA) is 26.3 Å². The number of fused-ring (bicyclic) bond motifs is 9. The molecule has 0 N–H and O–H groups in total. The number of hydrogen-bond donors (Lipinski definition) is 0. The highest BCUT2D eigenvalue weighted by Crippen LogP contribution is 2.77. The summed E-state index contributed by atoms with van der Waals surface area (Å²) in [5.41, 5.74) is -0.603. The van der Waals surface area contributed by atoms with Gasteiger partial charge in [0.2, 0.25) is 0 Å². The van der Waals surface area contributed by atoms with Gasteiger partial charge in [0.15, 0.2) is 0 Å². The van der Waals surface area contributed by atoms with E-state index in [1.54, 1.807) is 0 Å². The number of carbonyl (C=O) groups is 1. The van der Waals surface area contributed by atoms with Crippen molar-refractivity contribution in [2.24, 2.45) is 46.3 Å². The molecule has 0 aromatic rings. The number of ether oxygens (including phenoxy) is 1. The molecule has 2 heteroatoms. The molecule has 7 unspecified atom stereocenters. The van der Waals surface area contributed by atoms with Crippen molar-refractivity contribution >= 4 is 5.97 Å². The van der Waals surface area contributed by atoms with Crippen molar-refractivity contribution in [3.63, 3.8) is 0 Å². The summed E-state index contributed by atoms with van der Waals surface area (Å²) >= 11 is 0. The molecule has 4 rings (SSSR count). The van der Waals surface area contributed by atoms with Gasteiger partial charge in [-0.05, 0) is 94.3 Å². The zero-order valence-electron chi connectivity index (χ0n) is 15.1. The maximum absolute atomic E-state index is 13.2. The smallest absolute Gasteiger partial charge is 0.313 e. The van der Waals surface area contributed by atoms with Gasteiger partial charge < -0.3 is 4.74 Å². The highest BCUT2D eigenvalue weighted by atomic mass is 16.6. The molecule has 0 saturated heterocycles. The van der Waals surface area contributed by atoms with Crippen LogP contribution in [0.5, 0.6) is 0 Å². The third-order valence-corrected chi connectivity index (χ3v) is 8.31. The van der Waals surface area contributed by atoms with Crippen LogP contribution in [0.3, 0.4) is 0 Å². The Balaban J connectivity index is 1.71. The second kappa shape index (κ2) is 4.11. The van der Waals surface area contributed by atoms with E-state index in [-0.39, 0.29) is 22.4 Å². The fraction of sp³-hybridized carbons (Fsp3) is 0.950. The molecule has 124 valence electrons. The highest BCUT2D eigenvalue weighted by molar-refractivity contribution is 5.79. The predicted octanol–water partition coefficient (Wildman–Crippen LogP) is 4.67. The van der Waals surface area contributed by atoms with Gasteiger partial charge in [-0.2, -0.15) is 0 Å². The predicted molar refractivity (Wildman–Crippen MR) is 87.1 cm³/mol. The van der Waals surface area contributed by atoms with Crippen LogP contribution in [0.15, 0.2) is 0 Å². The van der Waals surface area contributed by atoms with E-state index in [1.165, 1.54) is 25.7 Å². The van der Waals surface area contributed by atoms with E-state index in [1.807, 2.05) is 20.8 Å². The molecule has 0 amide bonds. The van der Waals surface area contributed by atoms with Crippen LogP contribution >= 0.6 is 0 Å². The Morgan fingerprint density at radius 3 is 2.05 bits per heavy atom. The van der Waals surface area contributed by atoms with Crippen LogP contribution in [-0.4, -0.2) is 11.6 Å². The molecule has 4 aliphatic rings. The summed E-state index contributed by atoms with van der Waals surface area (Å²) in [5, 5.41) is 0. The van der Waals surface area contributed by atoms with Gasteiger partial charge in [0.1, 0.15) is 5.60 Å². The van der Waals surface area contributed by atoms with Gasteiger partial charge in [-0.15, -0.1) is 0 Å². The van der Waals surface area contributed by atoms with Crippen LogP contribution in [0, 0.1) is 46.3 Å². The summed E-state index contributed by atoms with van der Waals surface area (Å²) in [6.07, 6.45) is 5.59. The Morgan fingerprint density at radius 1 is 0.955 bits per heavy atom. The summed E-state index contributed by atoms with van der Waals surface area (Å²) in [6, 6.07) is 0. The molecule has 4 aliphatic carbocycles. The first-order valence-electron chi connectivity index (χ1n) is 9.31. The van der Waals surface area contributed by atoms with Crippen molar-refractivity contribution in [2.75, 3.05) is 0 Å². The largest absolute Gasteiger partial charge is 0.460 e. The van der Waals surface area contributed by atoms with Gasteiger partial charge in [0.25, 0.3) is 0 Å². The van der Waals surface area contributed by atoms with Crippen LogP contribution < -0.4 is 0 Å². The Kier molecular flexibility index (Phi) is 2.80. The lowest BCUT2D eigenvalue weighted by Crippen LogP contribution is -2.54. The number of carbonyl (C=O) groups excluding carboxylic acids is 1. The van der Waals surface area contributed by atoms with Crippen molar-refractivity contribution in [3.05, 3.63) is 0 Å². The molecule has 2 nitrogen and oxygen atoms in total. The third-order valence-electron chi connectivity index (χ3n) is 8.31. The SMILES string of the molecule is CC(C)(C)OC(=O)C1(C)C2CC(C3C4CCC(C4)C32)C1(C)C. The quantitative estimate of drug-likeness (QED) is 0.519. The van der Waals surface area contributed by atoms with Crippen molar-refractivity contribution < 1.29 is 9.53 Å². The lowest BCUT2D eigenvalue weighted by atomic mass is 9.51. The number of esters is 1. The molecule has 22 heavy (non-hydrogen) atoms. The number of rotatable bonds is 1. The summed E-state index contributed by atoms with van der Waals surface area (Å²) in [7, 11) is 0. The van der Waals surface area contributed by atoms with E-state index in [2.05, 4.69) is 20.8 Å². The van der Waals surface area contributed by atoms with Crippen LogP contribution in [0.4, 0.5) is 0 Å². The summed E-state index contributed by atoms with van der Waals surface area (Å²) < 4.78 is 5.90. The lowest BCUT2D eigenvalue weighted by Gasteiger charge is -2.53. The van der Waals surface area contributed by atoms with Gasteiger partial charge in [-0.25, -0.2) is 0 Å². The monoisotopic (exact) mass is 304 g/mol. The van der Waals surface area contributed by atoms with Crippen molar-refractivity contribution in [3.8, 4) is 0 Å². The molecule has 0 aromatic carbocycles.